The number of nitrogen functional groups attached to an aromatic ring is 1. The maximum atomic E-state index is 9.90. The van der Waals surface area contributed by atoms with Gasteiger partial charge in [-0.1, -0.05) is 0 Å². The molecule has 0 saturated carbocycles. The summed E-state index contributed by atoms with van der Waals surface area (Å²) in [5.74, 6) is 0.284. The Bertz CT molecular complexity index is 367. The molecule has 82 valence electrons. The van der Waals surface area contributed by atoms with Crippen molar-refractivity contribution in [2.45, 2.75) is 31.8 Å². The highest BCUT2D eigenvalue weighted by Gasteiger charge is 2.23. The van der Waals surface area contributed by atoms with E-state index in [9.17, 15) is 5.11 Å². The lowest BCUT2D eigenvalue weighted by atomic mass is 9.91. The number of anilines is 1. The van der Waals surface area contributed by atoms with E-state index in [4.69, 9.17) is 11.5 Å². The number of rotatable bonds is 2. The van der Waals surface area contributed by atoms with E-state index < -0.39 is 6.10 Å². The van der Waals surface area contributed by atoms with E-state index in [0.29, 0.717) is 13.0 Å². The van der Waals surface area contributed by atoms with Gasteiger partial charge in [-0.15, -0.1) is 0 Å². The van der Waals surface area contributed by atoms with Crippen LogP contribution in [0.2, 0.25) is 0 Å². The quantitative estimate of drug-likeness (QED) is 0.632. The first-order chi connectivity index (χ1) is 7.22. The molecule has 15 heavy (non-hydrogen) atoms. The number of aliphatic hydroxyl groups excluding tert-OH is 1. The minimum Gasteiger partial charge on any atom is -0.388 e. The largest absolute Gasteiger partial charge is 0.388 e. The van der Waals surface area contributed by atoms with Crippen molar-refractivity contribution < 1.29 is 5.11 Å². The number of hydrogen-bond acceptors (Lipinski definition) is 5. The first-order valence-corrected chi connectivity index (χ1v) is 5.25. The first-order valence-electron chi connectivity index (χ1n) is 5.25. The molecule has 0 bridgehead atoms. The Labute approximate surface area is 88.5 Å². The molecule has 1 aromatic heterocycles. The Kier molecular flexibility index (Phi) is 2.83. The van der Waals surface area contributed by atoms with Gasteiger partial charge >= 0.3 is 0 Å². The van der Waals surface area contributed by atoms with Crippen LogP contribution in [0.4, 0.5) is 5.95 Å². The normalized spacial score (nSPS) is 20.0. The second-order valence-electron chi connectivity index (χ2n) is 3.84. The highest BCUT2D eigenvalue weighted by Crippen LogP contribution is 2.30. The van der Waals surface area contributed by atoms with Crippen LogP contribution >= 0.6 is 0 Å². The van der Waals surface area contributed by atoms with Crippen molar-refractivity contribution in [3.63, 3.8) is 0 Å². The third-order valence-electron chi connectivity index (χ3n) is 2.73. The van der Waals surface area contributed by atoms with Crippen LogP contribution in [0.1, 0.15) is 35.9 Å². The average Bonchev–Trinajstić information content (AvgIpc) is 2.17. The van der Waals surface area contributed by atoms with Gasteiger partial charge < -0.3 is 16.6 Å². The fraction of sp³-hybridized carbons (Fsp3) is 0.600. The average molecular weight is 208 g/mol. The number of nitrogens with two attached hydrogens (primary N) is 2. The number of fused-ring (bicyclic) bond motifs is 1. The van der Waals surface area contributed by atoms with E-state index in [0.717, 1.165) is 36.2 Å². The van der Waals surface area contributed by atoms with E-state index in [2.05, 4.69) is 9.97 Å². The fourth-order valence-electron chi connectivity index (χ4n) is 2.10. The van der Waals surface area contributed by atoms with E-state index in [1.807, 2.05) is 0 Å². The number of aromatic nitrogens is 2. The van der Waals surface area contributed by atoms with Gasteiger partial charge in [0.1, 0.15) is 0 Å². The first kappa shape index (κ1) is 10.3. The lowest BCUT2D eigenvalue weighted by molar-refractivity contribution is 0.154. The smallest absolute Gasteiger partial charge is 0.220 e. The minimum atomic E-state index is -0.448. The highest BCUT2D eigenvalue weighted by molar-refractivity contribution is 5.35. The van der Waals surface area contributed by atoms with Crippen LogP contribution < -0.4 is 11.5 Å². The van der Waals surface area contributed by atoms with Crippen molar-refractivity contribution in [2.24, 2.45) is 5.73 Å². The van der Waals surface area contributed by atoms with Crippen molar-refractivity contribution in [1.29, 1.82) is 0 Å². The Morgan fingerprint density at radius 1 is 1.40 bits per heavy atom. The van der Waals surface area contributed by atoms with E-state index in [1.165, 1.54) is 0 Å². The molecule has 5 nitrogen and oxygen atoms in total. The molecule has 0 aromatic carbocycles. The second-order valence-corrected chi connectivity index (χ2v) is 3.84. The summed E-state index contributed by atoms with van der Waals surface area (Å²) < 4.78 is 0. The molecule has 1 unspecified atom stereocenters. The molecular weight excluding hydrogens is 192 g/mol. The molecule has 0 aliphatic heterocycles. The predicted molar refractivity (Wildman–Crippen MR) is 57.1 cm³/mol. The van der Waals surface area contributed by atoms with Crippen molar-refractivity contribution in [1.82, 2.24) is 9.97 Å². The summed E-state index contributed by atoms with van der Waals surface area (Å²) in [6, 6.07) is 0. The summed E-state index contributed by atoms with van der Waals surface area (Å²) in [6.07, 6.45) is 2.80. The van der Waals surface area contributed by atoms with Crippen molar-refractivity contribution in [3.8, 4) is 0 Å². The molecule has 0 fully saturated rings. The van der Waals surface area contributed by atoms with Crippen molar-refractivity contribution in [3.05, 3.63) is 17.0 Å². The maximum Gasteiger partial charge on any atom is 0.220 e. The zero-order chi connectivity index (χ0) is 10.8. The van der Waals surface area contributed by atoms with Crippen LogP contribution in [0, 0.1) is 0 Å². The van der Waals surface area contributed by atoms with Crippen molar-refractivity contribution >= 4 is 5.95 Å². The molecule has 1 aromatic rings. The molecule has 0 amide bonds. The van der Waals surface area contributed by atoms with Crippen LogP contribution in [-0.4, -0.2) is 21.6 Å². The number of hydrogen-bond donors (Lipinski definition) is 3. The molecule has 0 radical (unpaired) electrons. The SMILES string of the molecule is NCCc1nc(N)nc2c1C(O)CCC2. The number of nitrogens with zero attached hydrogens (tertiary/aromatic N) is 2. The standard InChI is InChI=1S/C10H16N4O/c11-5-4-7-9-6(13-10(12)14-7)2-1-3-8(9)15/h8,15H,1-5,11H2,(H2,12,13,14). The second kappa shape index (κ2) is 4.12. The summed E-state index contributed by atoms with van der Waals surface area (Å²) in [5.41, 5.74) is 13.7. The summed E-state index contributed by atoms with van der Waals surface area (Å²) in [4.78, 5) is 8.33. The van der Waals surface area contributed by atoms with E-state index in [1.54, 1.807) is 0 Å². The van der Waals surface area contributed by atoms with Gasteiger partial charge in [0, 0.05) is 12.0 Å². The van der Waals surface area contributed by atoms with Gasteiger partial charge in [0.25, 0.3) is 0 Å². The summed E-state index contributed by atoms with van der Waals surface area (Å²) in [5, 5.41) is 9.90. The highest BCUT2D eigenvalue weighted by atomic mass is 16.3. The summed E-state index contributed by atoms with van der Waals surface area (Å²) in [7, 11) is 0. The Hall–Kier alpha value is -1.20. The molecule has 1 heterocycles. The van der Waals surface area contributed by atoms with Crippen LogP contribution in [-0.2, 0) is 12.8 Å². The zero-order valence-corrected chi connectivity index (χ0v) is 8.61. The van der Waals surface area contributed by atoms with Crippen LogP contribution in [0.15, 0.2) is 0 Å². The van der Waals surface area contributed by atoms with E-state index >= 15 is 0 Å². The molecule has 0 spiro atoms. The third kappa shape index (κ3) is 1.93. The van der Waals surface area contributed by atoms with Gasteiger partial charge in [0.2, 0.25) is 5.95 Å². The van der Waals surface area contributed by atoms with Gasteiger partial charge in [-0.2, -0.15) is 0 Å². The molecule has 0 saturated heterocycles. The number of aryl methyl sites for hydroxylation is 1. The van der Waals surface area contributed by atoms with Crippen LogP contribution in [0.25, 0.3) is 0 Å². The van der Waals surface area contributed by atoms with Crippen LogP contribution in [0.3, 0.4) is 0 Å². The molecular formula is C10H16N4O. The fourth-order valence-corrected chi connectivity index (χ4v) is 2.10. The Balaban J connectivity index is 2.48. The zero-order valence-electron chi connectivity index (χ0n) is 8.61. The summed E-state index contributed by atoms with van der Waals surface area (Å²) >= 11 is 0. The van der Waals surface area contributed by atoms with Gasteiger partial charge in [-0.25, -0.2) is 9.97 Å². The lowest BCUT2D eigenvalue weighted by Gasteiger charge is -2.22. The molecule has 1 aliphatic carbocycles. The Morgan fingerprint density at radius 2 is 2.20 bits per heavy atom. The Morgan fingerprint density at radius 3 is 2.93 bits per heavy atom. The molecule has 1 aliphatic rings. The number of aliphatic hydroxyl groups is 1. The molecule has 5 heteroatoms. The van der Waals surface area contributed by atoms with Crippen molar-refractivity contribution in [2.75, 3.05) is 12.3 Å². The van der Waals surface area contributed by atoms with Gasteiger partial charge in [0.05, 0.1) is 17.5 Å². The molecule has 2 rings (SSSR count). The topological polar surface area (TPSA) is 98.0 Å². The van der Waals surface area contributed by atoms with Gasteiger partial charge in [-0.05, 0) is 25.8 Å². The van der Waals surface area contributed by atoms with Crippen LogP contribution in [0.5, 0.6) is 0 Å². The van der Waals surface area contributed by atoms with Gasteiger partial charge in [0.15, 0.2) is 0 Å². The van der Waals surface area contributed by atoms with E-state index in [-0.39, 0.29) is 5.95 Å². The summed E-state index contributed by atoms with van der Waals surface area (Å²) in [6.45, 7) is 0.510. The molecule has 5 N–H and O–H groups in total. The monoisotopic (exact) mass is 208 g/mol. The van der Waals surface area contributed by atoms with Gasteiger partial charge in [-0.3, -0.25) is 0 Å². The lowest BCUT2D eigenvalue weighted by Crippen LogP contribution is -2.19. The predicted octanol–water partition coefficient (Wildman–Crippen LogP) is -0.0703. The minimum absolute atomic E-state index is 0.284. The molecule has 1 atom stereocenters. The maximum absolute atomic E-state index is 9.90. The third-order valence-corrected chi connectivity index (χ3v) is 2.73.